The largest absolute Gasteiger partial charge is 0.481 e. The smallest absolute Gasteiger partial charge is 0.326 e. The highest BCUT2D eigenvalue weighted by Crippen LogP contribution is 1.98. The zero-order valence-corrected chi connectivity index (χ0v) is 11.2. The third-order valence-electron chi connectivity index (χ3n) is 2.59. The fraction of sp³-hybridized carbons (Fsp3) is 0.545. The highest BCUT2D eigenvalue weighted by molar-refractivity contribution is 5.82. The van der Waals surface area contributed by atoms with Gasteiger partial charge in [0.05, 0.1) is 0 Å². The molecule has 0 saturated carbocycles. The molecule has 0 spiro atoms. The molecule has 1 aromatic heterocycles. The number of hydrogen-bond donors (Lipinski definition) is 5. The number of aromatic nitrogens is 3. The quantitative estimate of drug-likeness (QED) is 0.379. The van der Waals surface area contributed by atoms with E-state index in [1.54, 1.807) is 0 Å². The number of aliphatic carboxylic acids is 2. The number of nitrogens with one attached hydrogen (secondary N) is 3. The molecular weight excluding hydrogens is 282 g/mol. The standard InChI is InChI=1S/C11H17N5O5/c17-9(18)4-3-7(10(19)20)15-11(21)12-5-1-2-8-13-6-14-16-8/h6-7H,1-5H2,(H,17,18)(H,19,20)(H2,12,15,21)(H,13,14,16). The highest BCUT2D eigenvalue weighted by atomic mass is 16.4. The Morgan fingerprint density at radius 3 is 2.67 bits per heavy atom. The van der Waals surface area contributed by atoms with Crippen molar-refractivity contribution in [2.45, 2.75) is 31.7 Å². The lowest BCUT2D eigenvalue weighted by Gasteiger charge is -2.14. The topological polar surface area (TPSA) is 157 Å². The molecule has 0 aliphatic carbocycles. The summed E-state index contributed by atoms with van der Waals surface area (Å²) in [5, 5.41) is 28.5. The molecule has 1 aromatic rings. The number of aryl methyl sites for hydroxylation is 1. The number of aromatic amines is 1. The third kappa shape index (κ3) is 6.89. The monoisotopic (exact) mass is 299 g/mol. The number of carbonyl (C=O) groups excluding carboxylic acids is 1. The molecule has 0 aliphatic heterocycles. The normalized spacial score (nSPS) is 11.6. The van der Waals surface area contributed by atoms with Crippen molar-refractivity contribution in [2.24, 2.45) is 0 Å². The van der Waals surface area contributed by atoms with Crippen molar-refractivity contribution in [3.8, 4) is 0 Å². The molecule has 10 nitrogen and oxygen atoms in total. The Hall–Kier alpha value is -2.65. The molecule has 0 aromatic carbocycles. The maximum absolute atomic E-state index is 11.5. The first kappa shape index (κ1) is 16.4. The fourth-order valence-corrected chi connectivity index (χ4v) is 1.54. The van der Waals surface area contributed by atoms with Crippen LogP contribution in [0.5, 0.6) is 0 Å². The van der Waals surface area contributed by atoms with Crippen LogP contribution in [-0.2, 0) is 16.0 Å². The number of carboxylic acids is 2. The molecule has 21 heavy (non-hydrogen) atoms. The predicted octanol–water partition coefficient (Wildman–Crippen LogP) is -0.645. The zero-order valence-electron chi connectivity index (χ0n) is 11.2. The van der Waals surface area contributed by atoms with Crippen LogP contribution in [0.2, 0.25) is 0 Å². The molecule has 1 atom stereocenters. The minimum Gasteiger partial charge on any atom is -0.481 e. The van der Waals surface area contributed by atoms with E-state index in [2.05, 4.69) is 25.8 Å². The van der Waals surface area contributed by atoms with Gasteiger partial charge in [0.2, 0.25) is 0 Å². The summed E-state index contributed by atoms with van der Waals surface area (Å²) in [5.74, 6) is -1.69. The molecule has 0 bridgehead atoms. The van der Waals surface area contributed by atoms with Gasteiger partial charge in [0, 0.05) is 19.4 Å². The summed E-state index contributed by atoms with van der Waals surface area (Å²) in [6.45, 7) is 0.331. The number of carbonyl (C=O) groups is 3. The van der Waals surface area contributed by atoms with E-state index < -0.39 is 24.0 Å². The van der Waals surface area contributed by atoms with Gasteiger partial charge in [-0.3, -0.25) is 9.89 Å². The van der Waals surface area contributed by atoms with Gasteiger partial charge >= 0.3 is 18.0 Å². The van der Waals surface area contributed by atoms with Gasteiger partial charge in [-0.25, -0.2) is 14.6 Å². The van der Waals surface area contributed by atoms with E-state index in [0.29, 0.717) is 25.2 Å². The molecule has 0 radical (unpaired) electrons. The van der Waals surface area contributed by atoms with E-state index in [9.17, 15) is 14.4 Å². The average molecular weight is 299 g/mol. The Balaban J connectivity index is 2.23. The van der Waals surface area contributed by atoms with Gasteiger partial charge in [0.1, 0.15) is 18.2 Å². The van der Waals surface area contributed by atoms with E-state index in [4.69, 9.17) is 10.2 Å². The summed E-state index contributed by atoms with van der Waals surface area (Å²) in [4.78, 5) is 36.7. The van der Waals surface area contributed by atoms with Crippen LogP contribution in [-0.4, -0.2) is 56.0 Å². The number of rotatable bonds is 9. The van der Waals surface area contributed by atoms with Crippen LogP contribution >= 0.6 is 0 Å². The molecule has 5 N–H and O–H groups in total. The molecule has 0 fully saturated rings. The summed E-state index contributed by atoms with van der Waals surface area (Å²) in [7, 11) is 0. The van der Waals surface area contributed by atoms with Crippen LogP contribution in [0.3, 0.4) is 0 Å². The Labute approximate surface area is 120 Å². The van der Waals surface area contributed by atoms with Crippen molar-refractivity contribution < 1.29 is 24.6 Å². The number of H-pyrrole nitrogens is 1. The molecule has 116 valence electrons. The summed E-state index contributed by atoms with van der Waals surface area (Å²) in [5.41, 5.74) is 0. The first-order valence-electron chi connectivity index (χ1n) is 6.32. The minimum atomic E-state index is -1.27. The lowest BCUT2D eigenvalue weighted by molar-refractivity contribution is -0.140. The second-order valence-corrected chi connectivity index (χ2v) is 4.26. The predicted molar refractivity (Wildman–Crippen MR) is 69.5 cm³/mol. The van der Waals surface area contributed by atoms with Gasteiger partial charge in [-0.15, -0.1) is 0 Å². The zero-order chi connectivity index (χ0) is 15.7. The van der Waals surface area contributed by atoms with E-state index in [1.165, 1.54) is 6.33 Å². The summed E-state index contributed by atoms with van der Waals surface area (Å²) >= 11 is 0. The van der Waals surface area contributed by atoms with Crippen molar-refractivity contribution in [2.75, 3.05) is 6.54 Å². The van der Waals surface area contributed by atoms with Crippen LogP contribution < -0.4 is 10.6 Å². The average Bonchev–Trinajstić information content (AvgIpc) is 2.92. The van der Waals surface area contributed by atoms with Crippen LogP contribution in [0.25, 0.3) is 0 Å². The summed E-state index contributed by atoms with van der Waals surface area (Å²) in [6.07, 6.45) is 2.09. The van der Waals surface area contributed by atoms with Crippen molar-refractivity contribution >= 4 is 18.0 Å². The Kier molecular flexibility index (Phi) is 6.65. The lowest BCUT2D eigenvalue weighted by atomic mass is 10.1. The first-order valence-corrected chi connectivity index (χ1v) is 6.32. The maximum Gasteiger partial charge on any atom is 0.326 e. The number of nitrogens with zero attached hydrogens (tertiary/aromatic N) is 2. The number of urea groups is 1. The van der Waals surface area contributed by atoms with Crippen LogP contribution in [0.1, 0.15) is 25.1 Å². The van der Waals surface area contributed by atoms with E-state index in [0.717, 1.165) is 0 Å². The van der Waals surface area contributed by atoms with Gasteiger partial charge in [-0.1, -0.05) is 0 Å². The first-order chi connectivity index (χ1) is 9.99. The van der Waals surface area contributed by atoms with Gasteiger partial charge in [0.25, 0.3) is 0 Å². The third-order valence-corrected chi connectivity index (χ3v) is 2.59. The van der Waals surface area contributed by atoms with Gasteiger partial charge in [-0.05, 0) is 12.8 Å². The molecule has 1 unspecified atom stereocenters. The van der Waals surface area contributed by atoms with Crippen molar-refractivity contribution in [3.05, 3.63) is 12.2 Å². The maximum atomic E-state index is 11.5. The van der Waals surface area contributed by atoms with Crippen LogP contribution in [0.15, 0.2) is 6.33 Å². The Bertz CT molecular complexity index is 475. The van der Waals surface area contributed by atoms with Gasteiger partial charge in [0.15, 0.2) is 0 Å². The minimum absolute atomic E-state index is 0.170. The molecule has 1 rings (SSSR count). The van der Waals surface area contributed by atoms with Crippen molar-refractivity contribution in [3.63, 3.8) is 0 Å². The highest BCUT2D eigenvalue weighted by Gasteiger charge is 2.20. The SMILES string of the molecule is O=C(O)CCC(NC(=O)NCCCc1ncn[nH]1)C(=O)O. The number of hydrogen-bond acceptors (Lipinski definition) is 5. The molecular formula is C11H17N5O5. The van der Waals surface area contributed by atoms with Crippen molar-refractivity contribution in [1.82, 2.24) is 25.8 Å². The van der Waals surface area contributed by atoms with Crippen molar-refractivity contribution in [1.29, 1.82) is 0 Å². The molecule has 0 aliphatic rings. The summed E-state index contributed by atoms with van der Waals surface area (Å²) in [6, 6.07) is -1.87. The molecule has 10 heteroatoms. The second kappa shape index (κ2) is 8.51. The fourth-order valence-electron chi connectivity index (χ4n) is 1.54. The van der Waals surface area contributed by atoms with Crippen LogP contribution in [0, 0.1) is 0 Å². The van der Waals surface area contributed by atoms with Gasteiger partial charge < -0.3 is 20.8 Å². The lowest BCUT2D eigenvalue weighted by Crippen LogP contribution is -2.46. The number of carboxylic acid groups (broad SMARTS) is 2. The van der Waals surface area contributed by atoms with E-state index in [1.807, 2.05) is 0 Å². The second-order valence-electron chi connectivity index (χ2n) is 4.26. The van der Waals surface area contributed by atoms with Crippen LogP contribution in [0.4, 0.5) is 4.79 Å². The summed E-state index contributed by atoms with van der Waals surface area (Å²) < 4.78 is 0. The molecule has 0 saturated heterocycles. The van der Waals surface area contributed by atoms with E-state index in [-0.39, 0.29) is 12.8 Å². The molecule has 1 heterocycles. The number of amides is 2. The van der Waals surface area contributed by atoms with E-state index >= 15 is 0 Å². The van der Waals surface area contributed by atoms with Gasteiger partial charge in [-0.2, -0.15) is 5.10 Å². The Morgan fingerprint density at radius 2 is 2.10 bits per heavy atom. The Morgan fingerprint density at radius 1 is 1.33 bits per heavy atom. The molecule has 2 amide bonds.